The predicted molar refractivity (Wildman–Crippen MR) is 98.9 cm³/mol. The summed E-state index contributed by atoms with van der Waals surface area (Å²) in [6, 6.07) is 0. The van der Waals surface area contributed by atoms with Crippen molar-refractivity contribution in [3.8, 4) is 0 Å². The Morgan fingerprint density at radius 1 is 1.37 bits per heavy atom. The smallest absolute Gasteiger partial charge is 0.334 e. The number of rotatable bonds is 5. The third kappa shape index (κ3) is 4.61. The fourth-order valence-corrected chi connectivity index (χ4v) is 3.83. The van der Waals surface area contributed by atoms with Gasteiger partial charge in [-0.1, -0.05) is 26.8 Å². The van der Waals surface area contributed by atoms with E-state index in [1.54, 1.807) is 0 Å². The number of carbonyl (C=O) groups excluding carboxylic acids is 2. The molecule has 2 fully saturated rings. The Morgan fingerprint density at radius 3 is 2.74 bits per heavy atom. The Hall–Kier alpha value is -1.66. The fourth-order valence-electron chi connectivity index (χ4n) is 3.83. The van der Waals surface area contributed by atoms with Crippen molar-refractivity contribution in [3.63, 3.8) is 0 Å². The highest BCUT2D eigenvalue weighted by Gasteiger charge is 2.50. The lowest BCUT2D eigenvalue weighted by molar-refractivity contribution is -0.145. The number of epoxide rings is 1. The highest BCUT2D eigenvalue weighted by molar-refractivity contribution is 5.91. The van der Waals surface area contributed by atoms with Gasteiger partial charge in [-0.3, -0.25) is 4.79 Å². The molecule has 27 heavy (non-hydrogen) atoms. The molecule has 0 amide bonds. The summed E-state index contributed by atoms with van der Waals surface area (Å²) < 4.78 is 23.1. The van der Waals surface area contributed by atoms with E-state index in [4.69, 9.17) is 18.9 Å². The molecular formula is C21H30O6. The van der Waals surface area contributed by atoms with Crippen molar-refractivity contribution in [3.05, 3.63) is 23.8 Å². The van der Waals surface area contributed by atoms with E-state index in [0.29, 0.717) is 30.9 Å². The second-order valence-corrected chi connectivity index (χ2v) is 8.00. The number of hydrogen-bond acceptors (Lipinski definition) is 6. The van der Waals surface area contributed by atoms with Gasteiger partial charge in [0.05, 0.1) is 24.2 Å². The monoisotopic (exact) mass is 378 g/mol. The summed E-state index contributed by atoms with van der Waals surface area (Å²) in [4.78, 5) is 23.7. The molecule has 0 radical (unpaired) electrons. The van der Waals surface area contributed by atoms with E-state index < -0.39 is 6.10 Å². The van der Waals surface area contributed by atoms with Crippen LogP contribution in [0.4, 0.5) is 0 Å². The lowest BCUT2D eigenvalue weighted by Gasteiger charge is -2.28. The van der Waals surface area contributed by atoms with Crippen LogP contribution in [0, 0.1) is 11.8 Å². The summed E-state index contributed by atoms with van der Waals surface area (Å²) >= 11 is 0. The van der Waals surface area contributed by atoms with Gasteiger partial charge in [0.25, 0.3) is 0 Å². The molecule has 0 saturated carbocycles. The van der Waals surface area contributed by atoms with Gasteiger partial charge in [0.1, 0.15) is 12.2 Å². The summed E-state index contributed by atoms with van der Waals surface area (Å²) in [7, 11) is 0. The van der Waals surface area contributed by atoms with Crippen LogP contribution >= 0.6 is 0 Å². The Bertz CT molecular complexity index is 639. The molecule has 0 aromatic carbocycles. The van der Waals surface area contributed by atoms with Gasteiger partial charge < -0.3 is 18.9 Å². The van der Waals surface area contributed by atoms with Crippen LogP contribution in [0.1, 0.15) is 47.0 Å². The van der Waals surface area contributed by atoms with Gasteiger partial charge in [-0.05, 0) is 24.5 Å². The third-order valence-electron chi connectivity index (χ3n) is 5.80. The number of hydrogen-bond donors (Lipinski definition) is 0. The maximum Gasteiger partial charge on any atom is 0.334 e. The second kappa shape index (κ2) is 8.15. The molecule has 1 aliphatic carbocycles. The zero-order valence-corrected chi connectivity index (χ0v) is 16.6. The summed E-state index contributed by atoms with van der Waals surface area (Å²) in [5.41, 5.74) is 1.31. The van der Waals surface area contributed by atoms with Crippen molar-refractivity contribution in [1.82, 2.24) is 0 Å². The van der Waals surface area contributed by atoms with Crippen molar-refractivity contribution in [1.29, 1.82) is 0 Å². The highest BCUT2D eigenvalue weighted by atomic mass is 16.6. The first-order chi connectivity index (χ1) is 12.8. The van der Waals surface area contributed by atoms with E-state index in [1.807, 2.05) is 13.0 Å². The number of esters is 2. The van der Waals surface area contributed by atoms with E-state index >= 15 is 0 Å². The highest BCUT2D eigenvalue weighted by Crippen LogP contribution is 2.41. The predicted octanol–water partition coefficient (Wildman–Crippen LogP) is 2.95. The van der Waals surface area contributed by atoms with E-state index in [2.05, 4.69) is 20.4 Å². The normalized spacial score (nSPS) is 36.8. The molecule has 2 aliphatic heterocycles. The van der Waals surface area contributed by atoms with Gasteiger partial charge in [0.2, 0.25) is 0 Å². The molecule has 0 aromatic heterocycles. The van der Waals surface area contributed by atoms with E-state index in [0.717, 1.165) is 12.0 Å². The zero-order chi connectivity index (χ0) is 19.7. The molecule has 3 aliphatic rings. The lowest BCUT2D eigenvalue weighted by atomic mass is 9.85. The van der Waals surface area contributed by atoms with Crippen molar-refractivity contribution in [2.45, 2.75) is 77.5 Å². The minimum Gasteiger partial charge on any atom is -0.458 e. The minimum absolute atomic E-state index is 0.0373. The first-order valence-corrected chi connectivity index (χ1v) is 9.82. The van der Waals surface area contributed by atoms with Crippen molar-refractivity contribution < 1.29 is 28.5 Å². The van der Waals surface area contributed by atoms with Crippen LogP contribution in [0.25, 0.3) is 0 Å². The standard InChI is InChI=1S/C21H30O6/c1-6-11(2)10-24-18-9-17-16(26-17)8-15(25-14(5)22)12(3)7-19-20(18)13(4)21(23)27-19/h7,11,15-20H,4,6,8-10H2,1-3,5H3. The number of fused-ring (bicyclic) bond motifs is 2. The Kier molecular flexibility index (Phi) is 6.06. The average molecular weight is 378 g/mol. The first-order valence-electron chi connectivity index (χ1n) is 9.82. The molecule has 3 rings (SSSR count). The quantitative estimate of drug-likeness (QED) is 0.317. The molecule has 0 aromatic rings. The van der Waals surface area contributed by atoms with E-state index in [9.17, 15) is 9.59 Å². The molecule has 2 heterocycles. The van der Waals surface area contributed by atoms with E-state index in [-0.39, 0.29) is 42.3 Å². The topological polar surface area (TPSA) is 74.4 Å². The van der Waals surface area contributed by atoms with Crippen LogP contribution in [0.2, 0.25) is 0 Å². The van der Waals surface area contributed by atoms with Gasteiger partial charge in [-0.25, -0.2) is 4.79 Å². The van der Waals surface area contributed by atoms with Crippen molar-refractivity contribution in [2.75, 3.05) is 6.61 Å². The molecule has 6 heteroatoms. The Morgan fingerprint density at radius 2 is 2.07 bits per heavy atom. The second-order valence-electron chi connectivity index (χ2n) is 8.00. The average Bonchev–Trinajstić information content (AvgIpc) is 3.28. The Balaban J connectivity index is 1.87. The van der Waals surface area contributed by atoms with Crippen LogP contribution in [0.3, 0.4) is 0 Å². The van der Waals surface area contributed by atoms with E-state index in [1.165, 1.54) is 6.92 Å². The molecule has 0 spiro atoms. The number of ether oxygens (including phenoxy) is 4. The molecule has 0 N–H and O–H groups in total. The summed E-state index contributed by atoms with van der Waals surface area (Å²) in [6.07, 6.45) is 3.26. The molecule has 7 atom stereocenters. The largest absolute Gasteiger partial charge is 0.458 e. The fraction of sp³-hybridized carbons (Fsp3) is 0.714. The lowest BCUT2D eigenvalue weighted by Crippen LogP contribution is -2.35. The molecule has 2 saturated heterocycles. The van der Waals surface area contributed by atoms with Crippen LogP contribution in [0.15, 0.2) is 23.8 Å². The van der Waals surface area contributed by atoms with Gasteiger partial charge in [0.15, 0.2) is 0 Å². The summed E-state index contributed by atoms with van der Waals surface area (Å²) in [5, 5.41) is 0. The molecule has 6 nitrogen and oxygen atoms in total. The van der Waals surface area contributed by atoms with Crippen LogP contribution in [0.5, 0.6) is 0 Å². The van der Waals surface area contributed by atoms with Crippen molar-refractivity contribution in [2.24, 2.45) is 11.8 Å². The van der Waals surface area contributed by atoms with Crippen LogP contribution in [-0.2, 0) is 28.5 Å². The maximum atomic E-state index is 12.2. The van der Waals surface area contributed by atoms with Gasteiger partial charge >= 0.3 is 11.9 Å². The van der Waals surface area contributed by atoms with Gasteiger partial charge in [-0.15, -0.1) is 0 Å². The molecule has 150 valence electrons. The Labute approximate surface area is 160 Å². The summed E-state index contributed by atoms with van der Waals surface area (Å²) in [6.45, 7) is 12.2. The SMILES string of the molecule is C=C1C(=O)OC2C=C(C)C(OC(C)=O)CC3OC3CC(OCC(C)CC)C12. The molecular weight excluding hydrogens is 348 g/mol. The van der Waals surface area contributed by atoms with Crippen molar-refractivity contribution >= 4 is 11.9 Å². The third-order valence-corrected chi connectivity index (χ3v) is 5.80. The maximum absolute atomic E-state index is 12.2. The zero-order valence-electron chi connectivity index (χ0n) is 16.6. The number of carbonyl (C=O) groups is 2. The summed E-state index contributed by atoms with van der Waals surface area (Å²) in [5.74, 6) is -0.534. The van der Waals surface area contributed by atoms with Gasteiger partial charge in [-0.2, -0.15) is 0 Å². The van der Waals surface area contributed by atoms with Crippen LogP contribution in [-0.4, -0.2) is 49.1 Å². The molecule has 0 bridgehead atoms. The van der Waals surface area contributed by atoms with Crippen LogP contribution < -0.4 is 0 Å². The van der Waals surface area contributed by atoms with Gasteiger partial charge in [0, 0.05) is 31.9 Å². The first kappa shape index (κ1) is 20.1. The molecule has 7 unspecified atom stereocenters. The minimum atomic E-state index is -0.458.